The van der Waals surface area contributed by atoms with Crippen LogP contribution < -0.4 is 5.73 Å². The van der Waals surface area contributed by atoms with Crippen LogP contribution in [-0.2, 0) is 11.2 Å². The molecule has 5 N–H and O–H groups in total. The summed E-state index contributed by atoms with van der Waals surface area (Å²) in [7, 11) is 0. The molecule has 0 bridgehead atoms. The van der Waals surface area contributed by atoms with Gasteiger partial charge in [0, 0.05) is 5.56 Å². The van der Waals surface area contributed by atoms with Crippen LogP contribution in [0.4, 0.5) is 0 Å². The first-order chi connectivity index (χ1) is 11.1. The summed E-state index contributed by atoms with van der Waals surface area (Å²) >= 11 is 8.13. The molecule has 128 valence electrons. The number of rotatable bonds is 4. The van der Waals surface area contributed by atoms with E-state index in [2.05, 4.69) is 0 Å². The number of carboxylic acid groups (broad SMARTS) is 1. The number of benzene rings is 2. The number of aromatic hydroxyl groups is 2. The summed E-state index contributed by atoms with van der Waals surface area (Å²) in [5.74, 6) is -0.723. The summed E-state index contributed by atoms with van der Waals surface area (Å²) in [6.07, 6.45) is 0.144. The van der Waals surface area contributed by atoms with Gasteiger partial charge < -0.3 is 21.1 Å². The molecule has 0 unspecified atom stereocenters. The largest absolute Gasteiger partial charge is 0.506 e. The van der Waals surface area contributed by atoms with Crippen LogP contribution in [0.25, 0.3) is 11.1 Å². The third kappa shape index (κ3) is 4.37. The van der Waals surface area contributed by atoms with Gasteiger partial charge in [0.15, 0.2) is 0 Å². The van der Waals surface area contributed by atoms with E-state index in [0.717, 1.165) is 16.7 Å². The topological polar surface area (TPSA) is 104 Å². The van der Waals surface area contributed by atoms with Crippen LogP contribution in [0.3, 0.4) is 0 Å². The molecular formula is C15H11I4NO4. The van der Waals surface area contributed by atoms with Gasteiger partial charge in [-0.2, -0.15) is 0 Å². The summed E-state index contributed by atoms with van der Waals surface area (Å²) in [4.78, 5) is 11.1. The highest BCUT2D eigenvalue weighted by atomic mass is 127. The number of aliphatic carboxylic acids is 1. The Balaban J connectivity index is 2.72. The summed E-state index contributed by atoms with van der Waals surface area (Å²) < 4.78 is 2.62. The molecule has 1 atom stereocenters. The highest BCUT2D eigenvalue weighted by molar-refractivity contribution is 14.1. The summed E-state index contributed by atoms with van der Waals surface area (Å²) in [6.45, 7) is 0. The van der Waals surface area contributed by atoms with Gasteiger partial charge in [0.1, 0.15) is 17.5 Å². The Labute approximate surface area is 193 Å². The van der Waals surface area contributed by atoms with Crippen LogP contribution in [0.2, 0.25) is 0 Å². The molecule has 0 spiro atoms. The van der Waals surface area contributed by atoms with Crippen LogP contribution in [0.5, 0.6) is 11.5 Å². The molecule has 2 aromatic carbocycles. The first kappa shape index (κ1) is 20.7. The molecule has 0 radical (unpaired) electrons. The van der Waals surface area contributed by atoms with Crippen LogP contribution in [0.15, 0.2) is 18.2 Å². The second kappa shape index (κ2) is 8.39. The van der Waals surface area contributed by atoms with Gasteiger partial charge in [-0.15, -0.1) is 0 Å². The molecule has 0 aliphatic rings. The average molecular weight is 777 g/mol. The van der Waals surface area contributed by atoms with Crippen LogP contribution in [0.1, 0.15) is 5.56 Å². The molecule has 0 fully saturated rings. The highest BCUT2D eigenvalue weighted by Crippen LogP contribution is 2.41. The van der Waals surface area contributed by atoms with E-state index in [1.54, 1.807) is 18.2 Å². The fourth-order valence-corrected chi connectivity index (χ4v) is 6.04. The standard InChI is InChI=1S/C15H11I4NO4/c16-7-1-5(2-8(17)13(7)21)11-6(4-10(20)15(23)24)3-9(18)14(22)12(11)19/h1-3,10,21-22H,4,20H2,(H,23,24)/t10-/m1/s1. The Kier molecular flexibility index (Phi) is 7.23. The van der Waals surface area contributed by atoms with Gasteiger partial charge in [-0.3, -0.25) is 4.79 Å². The minimum Gasteiger partial charge on any atom is -0.506 e. The quantitative estimate of drug-likeness (QED) is 0.350. The Morgan fingerprint density at radius 2 is 1.50 bits per heavy atom. The zero-order chi connectivity index (χ0) is 18.2. The van der Waals surface area contributed by atoms with E-state index < -0.39 is 12.0 Å². The Morgan fingerprint density at radius 3 is 2.00 bits per heavy atom. The van der Waals surface area contributed by atoms with Crippen LogP contribution in [0, 0.1) is 14.3 Å². The minimum atomic E-state index is -1.08. The molecule has 24 heavy (non-hydrogen) atoms. The number of nitrogens with two attached hydrogens (primary N) is 1. The molecule has 5 nitrogen and oxygen atoms in total. The van der Waals surface area contributed by atoms with Gasteiger partial charge in [-0.1, -0.05) is 0 Å². The van der Waals surface area contributed by atoms with E-state index in [1.807, 2.05) is 90.4 Å². The van der Waals surface area contributed by atoms with Gasteiger partial charge in [0.2, 0.25) is 0 Å². The first-order valence-electron chi connectivity index (χ1n) is 6.50. The van der Waals surface area contributed by atoms with E-state index in [4.69, 9.17) is 10.8 Å². The SMILES string of the molecule is N[C@H](Cc1cc(I)c(O)c(I)c1-c1cc(I)c(O)c(I)c1)C(=O)O. The lowest BCUT2D eigenvalue weighted by molar-refractivity contribution is -0.138. The van der Waals surface area contributed by atoms with Gasteiger partial charge in [0.05, 0.1) is 14.3 Å². The average Bonchev–Trinajstić information content (AvgIpc) is 2.50. The normalized spacial score (nSPS) is 12.2. The van der Waals surface area contributed by atoms with Gasteiger partial charge >= 0.3 is 5.97 Å². The number of halogens is 4. The molecule has 2 rings (SSSR count). The first-order valence-corrected chi connectivity index (χ1v) is 10.8. The maximum Gasteiger partial charge on any atom is 0.320 e. The number of phenolic OH excluding ortho intramolecular Hbond substituents is 2. The van der Waals surface area contributed by atoms with E-state index in [9.17, 15) is 15.0 Å². The molecule has 0 saturated carbocycles. The Hall–Kier alpha value is 0.390. The maximum atomic E-state index is 11.1. The number of hydrogen-bond acceptors (Lipinski definition) is 4. The predicted octanol–water partition coefficient (Wildman–Crippen LogP) is 4.14. The van der Waals surface area contributed by atoms with Gasteiger partial charge in [0.25, 0.3) is 0 Å². The van der Waals surface area contributed by atoms with Crippen molar-refractivity contribution in [2.45, 2.75) is 12.5 Å². The van der Waals surface area contributed by atoms with Gasteiger partial charge in [-0.25, -0.2) is 0 Å². The Bertz CT molecular complexity index is 803. The Morgan fingerprint density at radius 1 is 1.00 bits per heavy atom. The summed E-state index contributed by atoms with van der Waals surface area (Å²) in [5.41, 5.74) is 7.99. The fraction of sp³-hybridized carbons (Fsp3) is 0.133. The van der Waals surface area contributed by atoms with Crippen molar-refractivity contribution < 1.29 is 20.1 Å². The number of hydrogen-bond donors (Lipinski definition) is 4. The van der Waals surface area contributed by atoms with E-state index in [1.165, 1.54) is 0 Å². The molecule has 0 saturated heterocycles. The van der Waals surface area contributed by atoms with E-state index in [0.29, 0.717) is 14.3 Å². The molecular weight excluding hydrogens is 766 g/mol. The molecule has 0 aliphatic heterocycles. The van der Waals surface area contributed by atoms with Crippen LogP contribution in [-0.4, -0.2) is 27.3 Å². The highest BCUT2D eigenvalue weighted by Gasteiger charge is 2.21. The van der Waals surface area contributed by atoms with Crippen molar-refractivity contribution in [2.24, 2.45) is 5.73 Å². The van der Waals surface area contributed by atoms with Crippen molar-refractivity contribution in [1.82, 2.24) is 0 Å². The molecule has 0 aliphatic carbocycles. The van der Waals surface area contributed by atoms with Crippen molar-refractivity contribution in [3.8, 4) is 22.6 Å². The zero-order valence-corrected chi connectivity index (χ0v) is 20.5. The molecule has 2 aromatic rings. The van der Waals surface area contributed by atoms with E-state index >= 15 is 0 Å². The third-order valence-corrected chi connectivity index (χ3v) is 6.86. The monoisotopic (exact) mass is 777 g/mol. The number of carbonyl (C=O) groups is 1. The fourth-order valence-electron chi connectivity index (χ4n) is 2.16. The third-order valence-electron chi connectivity index (χ3n) is 3.34. The number of carboxylic acids is 1. The van der Waals surface area contributed by atoms with Crippen molar-refractivity contribution >= 4 is 96.3 Å². The lowest BCUT2D eigenvalue weighted by Gasteiger charge is -2.17. The molecule has 0 amide bonds. The summed E-state index contributed by atoms with van der Waals surface area (Å²) in [6, 6.07) is 4.33. The van der Waals surface area contributed by atoms with Crippen LogP contribution >= 0.6 is 90.4 Å². The van der Waals surface area contributed by atoms with Crippen molar-refractivity contribution in [3.05, 3.63) is 38.0 Å². The summed E-state index contributed by atoms with van der Waals surface area (Å²) in [5, 5.41) is 29.4. The lowest BCUT2D eigenvalue weighted by atomic mass is 9.95. The molecule has 0 aromatic heterocycles. The molecule has 0 heterocycles. The lowest BCUT2D eigenvalue weighted by Crippen LogP contribution is -2.32. The van der Waals surface area contributed by atoms with Gasteiger partial charge in [-0.05, 0) is 126 Å². The molecule has 9 heteroatoms. The zero-order valence-electron chi connectivity index (χ0n) is 11.9. The maximum absolute atomic E-state index is 11.1. The van der Waals surface area contributed by atoms with Crippen molar-refractivity contribution in [1.29, 1.82) is 0 Å². The van der Waals surface area contributed by atoms with Crippen molar-refractivity contribution in [3.63, 3.8) is 0 Å². The second-order valence-electron chi connectivity index (χ2n) is 4.99. The second-order valence-corrected chi connectivity index (χ2v) is 9.56. The smallest absolute Gasteiger partial charge is 0.320 e. The predicted molar refractivity (Wildman–Crippen MR) is 125 cm³/mol. The van der Waals surface area contributed by atoms with Crippen molar-refractivity contribution in [2.75, 3.05) is 0 Å². The van der Waals surface area contributed by atoms with E-state index in [-0.39, 0.29) is 17.9 Å². The number of phenols is 2. The minimum absolute atomic E-state index is 0.144.